The molecule has 0 unspecified atom stereocenters. The highest BCUT2D eigenvalue weighted by molar-refractivity contribution is 7.92. The van der Waals surface area contributed by atoms with Crippen LogP contribution in [-0.4, -0.2) is 25.1 Å². The van der Waals surface area contributed by atoms with Crippen LogP contribution in [0.25, 0.3) is 0 Å². The molecular formula is C18H17F3N2O3S. The predicted molar refractivity (Wildman–Crippen MR) is 91.6 cm³/mol. The number of fused-ring (bicyclic) bond motifs is 1. The number of sulfone groups is 1. The molecule has 5 nitrogen and oxygen atoms in total. The minimum absolute atomic E-state index is 0.279. The maximum absolute atomic E-state index is 12.6. The van der Waals surface area contributed by atoms with Gasteiger partial charge in [-0.25, -0.2) is 13.4 Å². The number of rotatable bonds is 4. The molecule has 1 aliphatic carbocycles. The Morgan fingerprint density at radius 3 is 2.59 bits per heavy atom. The summed E-state index contributed by atoms with van der Waals surface area (Å²) in [7, 11) is -4.14. The lowest BCUT2D eigenvalue weighted by Crippen LogP contribution is -2.35. The summed E-state index contributed by atoms with van der Waals surface area (Å²) in [6, 6.07) is 8.74. The molecule has 0 spiro atoms. The molecule has 0 saturated heterocycles. The molecule has 1 amide bonds. The number of carbonyl (C=O) groups is 1. The third-order valence-corrected chi connectivity index (χ3v) is 5.93. The number of hydrogen-bond acceptors (Lipinski definition) is 4. The van der Waals surface area contributed by atoms with Crippen LogP contribution >= 0.6 is 0 Å². The topological polar surface area (TPSA) is 76.1 Å². The molecule has 1 aromatic carbocycles. The molecule has 144 valence electrons. The van der Waals surface area contributed by atoms with E-state index >= 15 is 0 Å². The van der Waals surface area contributed by atoms with Crippen molar-refractivity contribution in [1.82, 2.24) is 10.3 Å². The Hall–Kier alpha value is -2.42. The van der Waals surface area contributed by atoms with Gasteiger partial charge in [0.1, 0.15) is 5.75 Å². The zero-order valence-electron chi connectivity index (χ0n) is 14.2. The van der Waals surface area contributed by atoms with Gasteiger partial charge in [0.2, 0.25) is 15.7 Å². The minimum Gasteiger partial charge on any atom is -0.348 e. The highest BCUT2D eigenvalue weighted by Crippen LogP contribution is 2.30. The van der Waals surface area contributed by atoms with Crippen LogP contribution in [0.1, 0.15) is 35.6 Å². The Morgan fingerprint density at radius 1 is 1.19 bits per heavy atom. The van der Waals surface area contributed by atoms with Crippen molar-refractivity contribution in [3.05, 3.63) is 59.3 Å². The minimum atomic E-state index is -4.61. The molecule has 0 saturated carbocycles. The van der Waals surface area contributed by atoms with Gasteiger partial charge in [-0.3, -0.25) is 4.79 Å². The molecule has 1 aliphatic rings. The summed E-state index contributed by atoms with van der Waals surface area (Å²) < 4.78 is 62.2. The van der Waals surface area contributed by atoms with Crippen molar-refractivity contribution in [2.45, 2.75) is 36.5 Å². The van der Waals surface area contributed by atoms with E-state index < -0.39 is 38.3 Å². The van der Waals surface area contributed by atoms with E-state index in [9.17, 15) is 26.4 Å². The highest BCUT2D eigenvalue weighted by Gasteiger charge is 2.32. The molecule has 0 radical (unpaired) electrons. The van der Waals surface area contributed by atoms with Gasteiger partial charge in [0.05, 0.1) is 11.6 Å². The molecule has 1 N–H and O–H groups in total. The lowest BCUT2D eigenvalue weighted by Gasteiger charge is -2.26. The van der Waals surface area contributed by atoms with Crippen molar-refractivity contribution in [2.24, 2.45) is 0 Å². The van der Waals surface area contributed by atoms with Crippen molar-refractivity contribution in [3.63, 3.8) is 0 Å². The summed E-state index contributed by atoms with van der Waals surface area (Å²) in [5.74, 6) is -1.58. The van der Waals surface area contributed by atoms with Crippen molar-refractivity contribution in [2.75, 3.05) is 5.75 Å². The van der Waals surface area contributed by atoms with Crippen LogP contribution in [0.15, 0.2) is 47.6 Å². The highest BCUT2D eigenvalue weighted by atomic mass is 32.2. The second-order valence-electron chi connectivity index (χ2n) is 6.35. The molecule has 0 bridgehead atoms. The van der Waals surface area contributed by atoms with Gasteiger partial charge in [0, 0.05) is 6.20 Å². The average Bonchev–Trinajstić information content (AvgIpc) is 2.61. The summed E-state index contributed by atoms with van der Waals surface area (Å²) in [4.78, 5) is 15.6. The Labute approximate surface area is 154 Å². The zero-order chi connectivity index (χ0) is 19.7. The van der Waals surface area contributed by atoms with Crippen LogP contribution in [0.2, 0.25) is 0 Å². The Bertz CT molecular complexity index is 941. The lowest BCUT2D eigenvalue weighted by molar-refractivity contribution is -0.137. The fourth-order valence-electron chi connectivity index (χ4n) is 3.12. The zero-order valence-corrected chi connectivity index (χ0v) is 15.0. The SMILES string of the molecule is O=C(CS(=O)(=O)c1ccc(C(F)(F)F)cn1)N[C@@H]1CCCc2ccccc21. The van der Waals surface area contributed by atoms with E-state index in [0.29, 0.717) is 18.7 Å². The molecule has 2 aromatic rings. The molecule has 1 atom stereocenters. The fourth-order valence-corrected chi connectivity index (χ4v) is 4.18. The van der Waals surface area contributed by atoms with Gasteiger partial charge in [0.15, 0.2) is 5.03 Å². The standard InChI is InChI=1S/C18H17F3N2O3S/c19-18(20,21)13-8-9-17(22-10-13)27(25,26)11-16(24)23-15-7-3-5-12-4-1-2-6-14(12)15/h1-2,4,6,8-10,15H,3,5,7,11H2,(H,23,24)/t15-/m1/s1. The average molecular weight is 398 g/mol. The maximum atomic E-state index is 12.6. The van der Waals surface area contributed by atoms with Gasteiger partial charge in [0.25, 0.3) is 0 Å². The number of aryl methyl sites for hydroxylation is 1. The van der Waals surface area contributed by atoms with Crippen LogP contribution in [0, 0.1) is 0 Å². The second-order valence-corrected chi connectivity index (χ2v) is 8.29. The molecule has 27 heavy (non-hydrogen) atoms. The first-order valence-corrected chi connectivity index (χ1v) is 9.95. The van der Waals surface area contributed by atoms with Crippen LogP contribution in [-0.2, 0) is 27.2 Å². The summed E-state index contributed by atoms with van der Waals surface area (Å²) in [6.07, 6.45) is -1.70. The Morgan fingerprint density at radius 2 is 1.93 bits per heavy atom. The second kappa shape index (κ2) is 7.30. The predicted octanol–water partition coefficient (Wildman–Crippen LogP) is 3.07. The Balaban J connectivity index is 1.70. The van der Waals surface area contributed by atoms with Crippen LogP contribution in [0.5, 0.6) is 0 Å². The summed E-state index contributed by atoms with van der Waals surface area (Å²) >= 11 is 0. The quantitative estimate of drug-likeness (QED) is 0.859. The molecule has 1 heterocycles. The smallest absolute Gasteiger partial charge is 0.348 e. The molecule has 3 rings (SSSR count). The maximum Gasteiger partial charge on any atom is 0.417 e. The largest absolute Gasteiger partial charge is 0.417 e. The van der Waals surface area contributed by atoms with Gasteiger partial charge in [-0.2, -0.15) is 13.2 Å². The van der Waals surface area contributed by atoms with E-state index in [1.54, 1.807) is 0 Å². The van der Waals surface area contributed by atoms with Crippen LogP contribution < -0.4 is 5.32 Å². The van der Waals surface area contributed by atoms with Crippen molar-refractivity contribution < 1.29 is 26.4 Å². The van der Waals surface area contributed by atoms with Gasteiger partial charge in [-0.1, -0.05) is 24.3 Å². The van der Waals surface area contributed by atoms with E-state index in [2.05, 4.69) is 10.3 Å². The number of halogens is 3. The van der Waals surface area contributed by atoms with Crippen molar-refractivity contribution in [1.29, 1.82) is 0 Å². The van der Waals surface area contributed by atoms with Crippen LogP contribution in [0.3, 0.4) is 0 Å². The number of benzene rings is 1. The van der Waals surface area contributed by atoms with Crippen molar-refractivity contribution >= 4 is 15.7 Å². The molecule has 0 aliphatic heterocycles. The number of amides is 1. The van der Waals surface area contributed by atoms with Gasteiger partial charge < -0.3 is 5.32 Å². The third-order valence-electron chi connectivity index (χ3n) is 4.41. The van der Waals surface area contributed by atoms with Gasteiger partial charge in [-0.15, -0.1) is 0 Å². The Kier molecular flexibility index (Phi) is 5.23. The first kappa shape index (κ1) is 19.3. The summed E-state index contributed by atoms with van der Waals surface area (Å²) in [5, 5.41) is 2.15. The number of alkyl halides is 3. The van der Waals surface area contributed by atoms with Gasteiger partial charge in [-0.05, 0) is 42.5 Å². The first-order valence-electron chi connectivity index (χ1n) is 8.30. The number of nitrogens with zero attached hydrogens (tertiary/aromatic N) is 1. The van der Waals surface area contributed by atoms with Crippen LogP contribution in [0.4, 0.5) is 13.2 Å². The van der Waals surface area contributed by atoms with Crippen molar-refractivity contribution in [3.8, 4) is 0 Å². The van der Waals surface area contributed by atoms with E-state index in [0.717, 1.165) is 30.0 Å². The molecule has 9 heteroatoms. The number of carbonyl (C=O) groups excluding carboxylic acids is 1. The number of aromatic nitrogens is 1. The van der Waals surface area contributed by atoms with E-state index in [-0.39, 0.29) is 6.04 Å². The number of pyridine rings is 1. The van der Waals surface area contributed by atoms with Gasteiger partial charge >= 0.3 is 6.18 Å². The molecule has 1 aromatic heterocycles. The normalized spacial score (nSPS) is 17.2. The number of nitrogens with one attached hydrogen (secondary N) is 1. The third kappa shape index (κ3) is 4.47. The first-order chi connectivity index (χ1) is 12.7. The summed E-state index contributed by atoms with van der Waals surface area (Å²) in [6.45, 7) is 0. The van der Waals surface area contributed by atoms with E-state index in [4.69, 9.17) is 0 Å². The molecule has 0 fully saturated rings. The van der Waals surface area contributed by atoms with E-state index in [1.807, 2.05) is 24.3 Å². The molecular weight excluding hydrogens is 381 g/mol. The van der Waals surface area contributed by atoms with E-state index in [1.165, 1.54) is 0 Å². The monoisotopic (exact) mass is 398 g/mol. The lowest BCUT2D eigenvalue weighted by atomic mass is 9.88. The summed E-state index contributed by atoms with van der Waals surface area (Å²) in [5.41, 5.74) is 1.02. The number of hydrogen-bond donors (Lipinski definition) is 1. The fraction of sp³-hybridized carbons (Fsp3) is 0.333.